The van der Waals surface area contributed by atoms with E-state index >= 15 is 0 Å². The van der Waals surface area contributed by atoms with Crippen LogP contribution in [0.2, 0.25) is 0 Å². The Bertz CT molecular complexity index is 1280. The summed E-state index contributed by atoms with van der Waals surface area (Å²) in [4.78, 5) is 12.7. The van der Waals surface area contributed by atoms with Gasteiger partial charge in [-0.2, -0.15) is 0 Å². The number of nitrogens with zero attached hydrogens (tertiary/aromatic N) is 3. The summed E-state index contributed by atoms with van der Waals surface area (Å²) >= 11 is 1.35. The van der Waals surface area contributed by atoms with Crippen LogP contribution in [-0.4, -0.2) is 26.4 Å². The Hall–Kier alpha value is -3.58. The molecule has 0 fully saturated rings. The summed E-state index contributed by atoms with van der Waals surface area (Å²) in [7, 11) is 0. The number of carbonyl (C=O) groups is 1. The van der Waals surface area contributed by atoms with E-state index in [1.807, 2.05) is 99.0 Å². The second-order valence-electron chi connectivity index (χ2n) is 8.26. The zero-order chi connectivity index (χ0) is 24.1. The molecule has 0 saturated carbocycles. The van der Waals surface area contributed by atoms with Crippen molar-refractivity contribution < 1.29 is 9.53 Å². The number of thioether (sulfide) groups is 1. The lowest BCUT2D eigenvalue weighted by molar-refractivity contribution is -0.113. The van der Waals surface area contributed by atoms with Crippen molar-refractivity contribution in [1.82, 2.24) is 14.8 Å². The molecule has 0 aliphatic carbocycles. The van der Waals surface area contributed by atoms with Crippen LogP contribution in [0.4, 0.5) is 5.69 Å². The van der Waals surface area contributed by atoms with Crippen LogP contribution < -0.4 is 10.1 Å². The molecule has 0 aliphatic heterocycles. The van der Waals surface area contributed by atoms with Gasteiger partial charge in [-0.3, -0.25) is 9.36 Å². The molecule has 0 bridgehead atoms. The molecule has 6 nitrogen and oxygen atoms in total. The predicted octanol–water partition coefficient (Wildman–Crippen LogP) is 5.81. The van der Waals surface area contributed by atoms with Crippen LogP contribution in [0.1, 0.15) is 28.1 Å². The maximum Gasteiger partial charge on any atom is 0.234 e. The predicted molar refractivity (Wildman–Crippen MR) is 137 cm³/mol. The van der Waals surface area contributed by atoms with Gasteiger partial charge in [0.15, 0.2) is 11.0 Å². The summed E-state index contributed by atoms with van der Waals surface area (Å²) in [5, 5.41) is 12.4. The molecule has 174 valence electrons. The van der Waals surface area contributed by atoms with Gasteiger partial charge < -0.3 is 10.1 Å². The Balaban J connectivity index is 1.51. The summed E-state index contributed by atoms with van der Waals surface area (Å²) < 4.78 is 7.91. The highest BCUT2D eigenvalue weighted by molar-refractivity contribution is 7.99. The van der Waals surface area contributed by atoms with Crippen molar-refractivity contribution in [2.24, 2.45) is 0 Å². The molecule has 1 heterocycles. The van der Waals surface area contributed by atoms with E-state index in [1.165, 1.54) is 17.3 Å². The molecular formula is C27H28N4O2S. The maximum absolute atomic E-state index is 12.7. The van der Waals surface area contributed by atoms with Gasteiger partial charge in [0.2, 0.25) is 5.91 Å². The lowest BCUT2D eigenvalue weighted by Gasteiger charge is -2.12. The van der Waals surface area contributed by atoms with Crippen molar-refractivity contribution in [3.05, 3.63) is 94.8 Å². The van der Waals surface area contributed by atoms with E-state index in [4.69, 9.17) is 4.74 Å². The minimum atomic E-state index is -0.0883. The van der Waals surface area contributed by atoms with Gasteiger partial charge in [-0.1, -0.05) is 59.3 Å². The van der Waals surface area contributed by atoms with Gasteiger partial charge in [0.05, 0.1) is 5.75 Å². The number of rotatable bonds is 8. The zero-order valence-corrected chi connectivity index (χ0v) is 20.6. The molecule has 1 N–H and O–H groups in total. The summed E-state index contributed by atoms with van der Waals surface area (Å²) in [6.45, 7) is 8.39. The van der Waals surface area contributed by atoms with Crippen LogP contribution in [0.3, 0.4) is 0 Å². The summed E-state index contributed by atoms with van der Waals surface area (Å²) in [5.74, 6) is 1.57. The third-order valence-electron chi connectivity index (χ3n) is 5.59. The number of amides is 1. The smallest absolute Gasteiger partial charge is 0.234 e. The van der Waals surface area contributed by atoms with E-state index in [0.717, 1.165) is 33.8 Å². The summed E-state index contributed by atoms with van der Waals surface area (Å²) in [6, 6.07) is 21.9. The highest BCUT2D eigenvalue weighted by Crippen LogP contribution is 2.25. The van der Waals surface area contributed by atoms with Crippen LogP contribution in [-0.2, 0) is 11.4 Å². The monoisotopic (exact) mass is 472 g/mol. The van der Waals surface area contributed by atoms with Gasteiger partial charge in [-0.05, 0) is 69.2 Å². The maximum atomic E-state index is 12.7. The van der Waals surface area contributed by atoms with Crippen molar-refractivity contribution >= 4 is 23.4 Å². The number of hydrogen-bond donors (Lipinski definition) is 1. The Kier molecular flexibility index (Phi) is 7.33. The lowest BCUT2D eigenvalue weighted by Crippen LogP contribution is -2.15. The SMILES string of the molecule is Cc1ccc(OCc2nnc(SCC(=O)Nc3cccc(C)c3C)n2-c2ccc(C)cc2)cc1. The van der Waals surface area contributed by atoms with Crippen LogP contribution in [0.25, 0.3) is 5.69 Å². The highest BCUT2D eigenvalue weighted by atomic mass is 32.2. The van der Waals surface area contributed by atoms with Gasteiger partial charge >= 0.3 is 0 Å². The molecule has 0 aliphatic rings. The van der Waals surface area contributed by atoms with Gasteiger partial charge in [0.1, 0.15) is 12.4 Å². The topological polar surface area (TPSA) is 69.0 Å². The van der Waals surface area contributed by atoms with Crippen molar-refractivity contribution in [3.8, 4) is 11.4 Å². The van der Waals surface area contributed by atoms with Crippen molar-refractivity contribution in [3.63, 3.8) is 0 Å². The first-order chi connectivity index (χ1) is 16.4. The minimum absolute atomic E-state index is 0.0883. The minimum Gasteiger partial charge on any atom is -0.486 e. The van der Waals surface area contributed by atoms with Crippen LogP contribution >= 0.6 is 11.8 Å². The number of hydrogen-bond acceptors (Lipinski definition) is 5. The quantitative estimate of drug-likeness (QED) is 0.328. The Morgan fingerprint density at radius 1 is 0.912 bits per heavy atom. The van der Waals surface area contributed by atoms with Crippen LogP contribution in [0.5, 0.6) is 5.75 Å². The van der Waals surface area contributed by atoms with Crippen molar-refractivity contribution in [2.75, 3.05) is 11.1 Å². The first-order valence-electron chi connectivity index (χ1n) is 11.1. The Labute approximate surface area is 204 Å². The third kappa shape index (κ3) is 5.66. The fourth-order valence-corrected chi connectivity index (χ4v) is 4.20. The highest BCUT2D eigenvalue weighted by Gasteiger charge is 2.17. The first-order valence-corrected chi connectivity index (χ1v) is 12.1. The second kappa shape index (κ2) is 10.6. The molecule has 0 atom stereocenters. The van der Waals surface area contributed by atoms with E-state index in [9.17, 15) is 4.79 Å². The van der Waals surface area contributed by atoms with E-state index in [2.05, 4.69) is 15.5 Å². The van der Waals surface area contributed by atoms with Gasteiger partial charge in [0.25, 0.3) is 0 Å². The van der Waals surface area contributed by atoms with Crippen molar-refractivity contribution in [2.45, 2.75) is 39.5 Å². The molecule has 1 amide bonds. The van der Waals surface area contributed by atoms with E-state index in [0.29, 0.717) is 11.0 Å². The number of carbonyl (C=O) groups excluding carboxylic acids is 1. The number of ether oxygens (including phenoxy) is 1. The molecule has 0 unspecified atom stereocenters. The Morgan fingerprint density at radius 2 is 1.59 bits per heavy atom. The molecule has 0 spiro atoms. The van der Waals surface area contributed by atoms with E-state index < -0.39 is 0 Å². The van der Waals surface area contributed by atoms with Crippen LogP contribution in [0.15, 0.2) is 71.9 Å². The number of aromatic nitrogens is 3. The Morgan fingerprint density at radius 3 is 2.29 bits per heavy atom. The standard InChI is InChI=1S/C27H28N4O2S/c1-18-8-12-22(13-9-18)31-25(16-33-23-14-10-19(2)11-15-23)29-30-27(31)34-17-26(32)28-24-7-5-6-20(3)21(24)4/h5-15H,16-17H2,1-4H3,(H,28,32). The zero-order valence-electron chi connectivity index (χ0n) is 19.8. The molecule has 3 aromatic carbocycles. The number of nitrogens with one attached hydrogen (secondary N) is 1. The molecule has 4 aromatic rings. The molecule has 1 aromatic heterocycles. The number of benzene rings is 3. The third-order valence-corrected chi connectivity index (χ3v) is 6.52. The van der Waals surface area contributed by atoms with Crippen molar-refractivity contribution in [1.29, 1.82) is 0 Å². The second-order valence-corrected chi connectivity index (χ2v) is 9.20. The molecule has 34 heavy (non-hydrogen) atoms. The first kappa shape index (κ1) is 23.6. The van der Waals surface area contributed by atoms with Gasteiger partial charge in [-0.25, -0.2) is 0 Å². The number of aryl methyl sites for hydroxylation is 3. The molecule has 4 rings (SSSR count). The largest absolute Gasteiger partial charge is 0.486 e. The molecule has 0 saturated heterocycles. The summed E-state index contributed by atoms with van der Waals surface area (Å²) in [6.07, 6.45) is 0. The molecular weight excluding hydrogens is 444 g/mol. The fourth-order valence-electron chi connectivity index (χ4n) is 3.43. The normalized spacial score (nSPS) is 10.8. The average Bonchev–Trinajstić information content (AvgIpc) is 3.23. The lowest BCUT2D eigenvalue weighted by atomic mass is 10.1. The van der Waals surface area contributed by atoms with Gasteiger partial charge in [0, 0.05) is 11.4 Å². The number of anilines is 1. The average molecular weight is 473 g/mol. The van der Waals surface area contributed by atoms with Gasteiger partial charge in [-0.15, -0.1) is 10.2 Å². The summed E-state index contributed by atoms with van der Waals surface area (Å²) in [5.41, 5.74) is 6.31. The van der Waals surface area contributed by atoms with E-state index in [-0.39, 0.29) is 18.3 Å². The fraction of sp³-hybridized carbons (Fsp3) is 0.222. The van der Waals surface area contributed by atoms with E-state index in [1.54, 1.807) is 0 Å². The molecule has 7 heteroatoms. The molecule has 0 radical (unpaired) electrons. The van der Waals surface area contributed by atoms with Crippen LogP contribution in [0, 0.1) is 27.7 Å².